The Morgan fingerprint density at radius 1 is 0.968 bits per heavy atom. The molecule has 2 heterocycles. The molecule has 2 nitrogen and oxygen atoms in total. The summed E-state index contributed by atoms with van der Waals surface area (Å²) in [5.74, 6) is 3.01. The van der Waals surface area contributed by atoms with Gasteiger partial charge in [0.1, 0.15) is 12.8 Å². The molecule has 1 aliphatic rings. The summed E-state index contributed by atoms with van der Waals surface area (Å²) in [6, 6.07) is 15.7. The first kappa shape index (κ1) is 20.1. The van der Waals surface area contributed by atoms with E-state index in [9.17, 15) is 0 Å². The molecule has 0 bridgehead atoms. The van der Waals surface area contributed by atoms with Crippen molar-refractivity contribution in [1.82, 2.24) is 0 Å². The van der Waals surface area contributed by atoms with Gasteiger partial charge >= 0.3 is 0 Å². The molecule has 0 atom stereocenters. The summed E-state index contributed by atoms with van der Waals surface area (Å²) in [5, 5.41) is 3.82. The molecule has 5 rings (SSSR count). The smallest absolute Gasteiger partial charge is 0.257 e. The van der Waals surface area contributed by atoms with E-state index in [0.717, 1.165) is 17.9 Å². The Balaban J connectivity index is 1.97. The van der Waals surface area contributed by atoms with Gasteiger partial charge in [-0.1, -0.05) is 52.0 Å². The van der Waals surface area contributed by atoms with Crippen molar-refractivity contribution in [3.05, 3.63) is 64.7 Å². The Morgan fingerprint density at radius 3 is 2.42 bits per heavy atom. The number of nitrogens with zero attached hydrogens (tertiary/aromatic N) is 1. The second-order valence-corrected chi connectivity index (χ2v) is 9.91. The minimum atomic E-state index is 0.362. The highest BCUT2D eigenvalue weighted by Gasteiger charge is 2.35. The molecule has 0 saturated carbocycles. The molecular formula is C29H32NO+. The summed E-state index contributed by atoms with van der Waals surface area (Å²) in [5.41, 5.74) is 9.12. The van der Waals surface area contributed by atoms with Gasteiger partial charge in [0.25, 0.3) is 5.69 Å². The van der Waals surface area contributed by atoms with E-state index >= 15 is 0 Å². The number of fused-ring (bicyclic) bond motifs is 3. The number of aromatic nitrogens is 1. The van der Waals surface area contributed by atoms with Gasteiger partial charge in [0.2, 0.25) is 11.3 Å². The van der Waals surface area contributed by atoms with E-state index in [2.05, 4.69) is 95.6 Å². The number of hydrogen-bond donors (Lipinski definition) is 0. The lowest BCUT2D eigenvalue weighted by Gasteiger charge is -2.26. The lowest BCUT2D eigenvalue weighted by Crippen LogP contribution is -2.34. The van der Waals surface area contributed by atoms with Crippen molar-refractivity contribution in [2.75, 3.05) is 0 Å². The molecule has 0 spiro atoms. The molecular weight excluding hydrogens is 378 g/mol. The summed E-state index contributed by atoms with van der Waals surface area (Å²) < 4.78 is 9.16. The van der Waals surface area contributed by atoms with Gasteiger partial charge < -0.3 is 4.74 Å². The van der Waals surface area contributed by atoms with Gasteiger partial charge in [0.05, 0.1) is 10.9 Å². The van der Waals surface area contributed by atoms with Crippen LogP contribution >= 0.6 is 0 Å². The van der Waals surface area contributed by atoms with Crippen LogP contribution in [-0.4, -0.2) is 0 Å². The Labute approximate surface area is 185 Å². The van der Waals surface area contributed by atoms with Crippen molar-refractivity contribution in [2.24, 2.45) is 13.0 Å². The van der Waals surface area contributed by atoms with Crippen LogP contribution in [0.15, 0.2) is 42.5 Å². The molecule has 0 radical (unpaired) electrons. The van der Waals surface area contributed by atoms with Crippen LogP contribution in [0.25, 0.3) is 32.9 Å². The number of rotatable bonds is 3. The Kier molecular flexibility index (Phi) is 4.58. The largest absolute Gasteiger partial charge is 0.449 e. The van der Waals surface area contributed by atoms with E-state index in [0.29, 0.717) is 11.8 Å². The predicted molar refractivity (Wildman–Crippen MR) is 130 cm³/mol. The lowest BCUT2D eigenvalue weighted by molar-refractivity contribution is -0.633. The zero-order chi connectivity index (χ0) is 22.0. The minimum absolute atomic E-state index is 0.362. The number of hydrogen-bond acceptors (Lipinski definition) is 1. The minimum Gasteiger partial charge on any atom is -0.449 e. The number of para-hydroxylation sites is 1. The third-order valence-electron chi connectivity index (χ3n) is 6.80. The maximum Gasteiger partial charge on any atom is 0.257 e. The van der Waals surface area contributed by atoms with Crippen LogP contribution in [0.5, 0.6) is 11.5 Å². The van der Waals surface area contributed by atoms with Crippen molar-refractivity contribution >= 4 is 21.7 Å². The first-order valence-electron chi connectivity index (χ1n) is 11.5. The number of ether oxygens (including phenoxy) is 1. The third-order valence-corrected chi connectivity index (χ3v) is 6.80. The maximum atomic E-state index is 6.83. The van der Waals surface area contributed by atoms with Gasteiger partial charge in [-0.25, -0.2) is 0 Å². The van der Waals surface area contributed by atoms with Crippen LogP contribution in [-0.2, 0) is 13.5 Å². The summed E-state index contributed by atoms with van der Waals surface area (Å²) in [6.45, 7) is 13.6. The van der Waals surface area contributed by atoms with E-state index in [4.69, 9.17) is 4.74 Å². The Bertz CT molecular complexity index is 1360. The first-order chi connectivity index (χ1) is 14.8. The number of aryl methyl sites for hydroxylation is 2. The van der Waals surface area contributed by atoms with E-state index in [1.165, 1.54) is 55.2 Å². The van der Waals surface area contributed by atoms with Crippen LogP contribution in [0, 0.1) is 19.8 Å². The molecule has 2 heteroatoms. The zero-order valence-electron chi connectivity index (χ0n) is 19.8. The van der Waals surface area contributed by atoms with Gasteiger partial charge in [0.15, 0.2) is 0 Å². The lowest BCUT2D eigenvalue weighted by atomic mass is 9.86. The summed E-state index contributed by atoms with van der Waals surface area (Å²) in [6.07, 6.45) is 1.06. The van der Waals surface area contributed by atoms with Gasteiger partial charge in [-0.05, 0) is 66.3 Å². The van der Waals surface area contributed by atoms with Crippen LogP contribution < -0.4 is 9.30 Å². The van der Waals surface area contributed by atoms with Crippen molar-refractivity contribution in [3.8, 4) is 22.8 Å². The molecule has 1 aliphatic heterocycles. The Morgan fingerprint density at radius 2 is 1.71 bits per heavy atom. The number of benzene rings is 3. The van der Waals surface area contributed by atoms with Crippen LogP contribution in [0.2, 0.25) is 0 Å². The molecule has 31 heavy (non-hydrogen) atoms. The highest BCUT2D eigenvalue weighted by Crippen LogP contribution is 2.51. The standard InChI is InChI=1S/C29H32NO/c1-16(2)12-20-14-21-13-18(5)19(6)26-27(21)24(15-20)31-29-25(17(3)4)22-10-8-9-11-23(22)30(7)28(26)29/h8-11,13-17H,12H2,1-7H3/q+1. The monoisotopic (exact) mass is 410 g/mol. The van der Waals surface area contributed by atoms with E-state index in [-0.39, 0.29) is 0 Å². The van der Waals surface area contributed by atoms with Crippen LogP contribution in [0.4, 0.5) is 0 Å². The highest BCUT2D eigenvalue weighted by atomic mass is 16.5. The second-order valence-electron chi connectivity index (χ2n) is 9.91. The van der Waals surface area contributed by atoms with E-state index in [1.807, 2.05) is 0 Å². The number of pyridine rings is 1. The normalized spacial score (nSPS) is 12.7. The highest BCUT2D eigenvalue weighted by molar-refractivity contribution is 6.06. The van der Waals surface area contributed by atoms with E-state index in [1.54, 1.807) is 0 Å². The SMILES string of the molecule is Cc1cc2cc(CC(C)C)cc3c2c(c1C)-c1c(c(C(C)C)c2ccccc2[n+]1C)O3. The summed E-state index contributed by atoms with van der Waals surface area (Å²) in [4.78, 5) is 0. The van der Waals surface area contributed by atoms with Gasteiger partial charge in [-0.15, -0.1) is 0 Å². The molecule has 0 fully saturated rings. The molecule has 0 saturated heterocycles. The zero-order valence-corrected chi connectivity index (χ0v) is 19.8. The van der Waals surface area contributed by atoms with Crippen molar-refractivity contribution < 1.29 is 9.30 Å². The van der Waals surface area contributed by atoms with Crippen LogP contribution in [0.3, 0.4) is 0 Å². The third kappa shape index (κ3) is 2.96. The summed E-state index contributed by atoms with van der Waals surface area (Å²) in [7, 11) is 2.18. The molecule has 158 valence electrons. The summed E-state index contributed by atoms with van der Waals surface area (Å²) >= 11 is 0. The van der Waals surface area contributed by atoms with Crippen molar-refractivity contribution in [3.63, 3.8) is 0 Å². The fourth-order valence-corrected chi connectivity index (χ4v) is 5.35. The molecule has 3 aromatic carbocycles. The van der Waals surface area contributed by atoms with Crippen LogP contribution in [0.1, 0.15) is 55.9 Å². The molecule has 4 aromatic rings. The first-order valence-corrected chi connectivity index (χ1v) is 11.5. The fourth-order valence-electron chi connectivity index (χ4n) is 5.35. The molecule has 0 N–H and O–H groups in total. The quantitative estimate of drug-likeness (QED) is 0.280. The second kappa shape index (κ2) is 7.09. The Hall–Kier alpha value is -2.87. The fraction of sp³-hybridized carbons (Fsp3) is 0.345. The average molecular weight is 411 g/mol. The average Bonchev–Trinajstić information content (AvgIpc) is 2.70. The topological polar surface area (TPSA) is 13.1 Å². The van der Waals surface area contributed by atoms with Gasteiger partial charge in [0, 0.05) is 17.0 Å². The van der Waals surface area contributed by atoms with Gasteiger partial charge in [-0.3, -0.25) is 0 Å². The maximum absolute atomic E-state index is 6.83. The molecule has 0 unspecified atom stereocenters. The predicted octanol–water partition coefficient (Wildman–Crippen LogP) is 7.53. The van der Waals surface area contributed by atoms with E-state index < -0.39 is 0 Å². The molecule has 1 aromatic heterocycles. The van der Waals surface area contributed by atoms with Crippen molar-refractivity contribution in [1.29, 1.82) is 0 Å². The van der Waals surface area contributed by atoms with Gasteiger partial charge in [-0.2, -0.15) is 4.57 Å². The molecule has 0 aliphatic carbocycles. The molecule has 0 amide bonds. The van der Waals surface area contributed by atoms with Crippen molar-refractivity contribution in [2.45, 2.75) is 53.9 Å².